The van der Waals surface area contributed by atoms with Crippen molar-refractivity contribution in [3.8, 4) is 0 Å². The van der Waals surface area contributed by atoms with Crippen LogP contribution in [0.1, 0.15) is 45.9 Å². The Bertz CT molecular complexity index is 549. The topological polar surface area (TPSA) is 42.9 Å². The normalized spacial score (nSPS) is 11.8. The summed E-state index contributed by atoms with van der Waals surface area (Å²) >= 11 is 2.70. The van der Waals surface area contributed by atoms with Crippen LogP contribution in [0.5, 0.6) is 0 Å². The van der Waals surface area contributed by atoms with E-state index in [0.717, 1.165) is 15.4 Å². The Balaban J connectivity index is 2.42. The van der Waals surface area contributed by atoms with E-state index >= 15 is 0 Å². The van der Waals surface area contributed by atoms with Crippen LogP contribution in [0.15, 0.2) is 12.1 Å². The van der Waals surface area contributed by atoms with E-state index in [1.165, 1.54) is 22.9 Å². The van der Waals surface area contributed by atoms with Crippen molar-refractivity contribution in [3.05, 3.63) is 32.5 Å². The van der Waals surface area contributed by atoms with Gasteiger partial charge in [-0.1, -0.05) is 25.3 Å². The van der Waals surface area contributed by atoms with Crippen LogP contribution in [0.25, 0.3) is 0 Å². The summed E-state index contributed by atoms with van der Waals surface area (Å²) in [5.41, 5.74) is 0.642. The van der Waals surface area contributed by atoms with Gasteiger partial charge in [-0.15, -0.1) is 16.4 Å². The minimum absolute atomic E-state index is 0.0445. The van der Waals surface area contributed by atoms with E-state index in [4.69, 9.17) is 0 Å². The molecule has 0 atom stereocenters. The molecule has 0 spiro atoms. The summed E-state index contributed by atoms with van der Waals surface area (Å²) in [5, 5.41) is 4.09. The lowest BCUT2D eigenvalue weighted by molar-refractivity contribution is 0.104. The van der Waals surface area contributed by atoms with E-state index in [1.807, 2.05) is 39.8 Å². The quantitative estimate of drug-likeness (QED) is 0.782. The van der Waals surface area contributed by atoms with Gasteiger partial charge in [0.2, 0.25) is 5.78 Å². The maximum Gasteiger partial charge on any atom is 0.216 e. The third-order valence-corrected chi connectivity index (χ3v) is 4.09. The van der Waals surface area contributed by atoms with Gasteiger partial charge in [0.25, 0.3) is 0 Å². The summed E-state index contributed by atoms with van der Waals surface area (Å²) in [4.78, 5) is 14.9. The average Bonchev–Trinajstić information content (AvgIpc) is 2.83. The third-order valence-electron chi connectivity index (χ3n) is 2.37. The zero-order chi connectivity index (χ0) is 12.6. The Morgan fingerprint density at radius 2 is 2.00 bits per heavy atom. The smallest absolute Gasteiger partial charge is 0.216 e. The van der Waals surface area contributed by atoms with Gasteiger partial charge in [-0.05, 0) is 30.6 Å². The van der Waals surface area contributed by atoms with Crippen LogP contribution in [0.3, 0.4) is 0 Å². The third kappa shape index (κ3) is 2.45. The molecule has 0 saturated heterocycles. The Kier molecular flexibility index (Phi) is 3.14. The number of carbonyl (C=O) groups is 1. The van der Waals surface area contributed by atoms with Gasteiger partial charge in [0, 0.05) is 10.3 Å². The standard InChI is InChI=1S/C12H14N2OS2/c1-7-5-6-8(16-7)9(15)10-11(12(2,3)4)13-14-17-10/h5-6H,1-4H3. The van der Waals surface area contributed by atoms with E-state index in [-0.39, 0.29) is 11.2 Å². The molecule has 90 valence electrons. The zero-order valence-corrected chi connectivity index (χ0v) is 11.9. The van der Waals surface area contributed by atoms with Crippen LogP contribution in [-0.4, -0.2) is 15.4 Å². The Morgan fingerprint density at radius 1 is 1.29 bits per heavy atom. The number of thiophene rings is 1. The predicted octanol–water partition coefficient (Wildman–Crippen LogP) is 3.44. The van der Waals surface area contributed by atoms with Crippen molar-refractivity contribution in [2.45, 2.75) is 33.1 Å². The molecule has 0 aliphatic rings. The molecule has 0 aromatic carbocycles. The second-order valence-corrected chi connectivity index (χ2v) is 6.98. The van der Waals surface area contributed by atoms with E-state index < -0.39 is 0 Å². The first kappa shape index (κ1) is 12.4. The molecule has 17 heavy (non-hydrogen) atoms. The zero-order valence-electron chi connectivity index (χ0n) is 10.3. The molecular formula is C12H14N2OS2. The summed E-state index contributed by atoms with van der Waals surface area (Å²) in [5.74, 6) is 0.0445. The van der Waals surface area contributed by atoms with Crippen LogP contribution in [0.4, 0.5) is 0 Å². The van der Waals surface area contributed by atoms with Crippen LogP contribution < -0.4 is 0 Å². The van der Waals surface area contributed by atoms with Gasteiger partial charge in [0.1, 0.15) is 4.88 Å². The van der Waals surface area contributed by atoms with E-state index in [0.29, 0.717) is 4.88 Å². The van der Waals surface area contributed by atoms with Crippen LogP contribution >= 0.6 is 22.9 Å². The van der Waals surface area contributed by atoms with Gasteiger partial charge >= 0.3 is 0 Å². The highest BCUT2D eigenvalue weighted by Crippen LogP contribution is 2.29. The maximum atomic E-state index is 12.3. The van der Waals surface area contributed by atoms with Gasteiger partial charge in [-0.25, -0.2) is 0 Å². The fourth-order valence-corrected chi connectivity index (χ4v) is 3.21. The highest BCUT2D eigenvalue weighted by Gasteiger charge is 2.27. The SMILES string of the molecule is Cc1ccc(C(=O)c2snnc2C(C)(C)C)s1. The monoisotopic (exact) mass is 266 g/mol. The number of hydrogen-bond acceptors (Lipinski definition) is 5. The molecule has 0 fully saturated rings. The number of aryl methyl sites for hydroxylation is 1. The summed E-state index contributed by atoms with van der Waals surface area (Å²) in [6.07, 6.45) is 0. The average molecular weight is 266 g/mol. The molecule has 0 bridgehead atoms. The molecule has 3 nitrogen and oxygen atoms in total. The lowest BCUT2D eigenvalue weighted by atomic mass is 9.90. The van der Waals surface area contributed by atoms with Crippen LogP contribution in [0, 0.1) is 6.92 Å². The lowest BCUT2D eigenvalue weighted by Crippen LogP contribution is -2.16. The summed E-state index contributed by atoms with van der Waals surface area (Å²) in [6.45, 7) is 8.12. The molecule has 0 aliphatic heterocycles. The molecule has 2 aromatic heterocycles. The van der Waals surface area contributed by atoms with Gasteiger partial charge in [-0.2, -0.15) is 0 Å². The molecule has 0 aliphatic carbocycles. The van der Waals surface area contributed by atoms with Gasteiger partial charge in [-0.3, -0.25) is 4.79 Å². The molecular weight excluding hydrogens is 252 g/mol. The highest BCUT2D eigenvalue weighted by molar-refractivity contribution is 7.15. The number of aromatic nitrogens is 2. The molecule has 2 rings (SSSR count). The lowest BCUT2D eigenvalue weighted by Gasteiger charge is -2.15. The van der Waals surface area contributed by atoms with Crippen molar-refractivity contribution < 1.29 is 4.79 Å². The minimum Gasteiger partial charge on any atom is -0.287 e. The number of rotatable bonds is 2. The highest BCUT2D eigenvalue weighted by atomic mass is 32.1. The summed E-state index contributed by atoms with van der Waals surface area (Å²) in [7, 11) is 0. The number of carbonyl (C=O) groups excluding carboxylic acids is 1. The van der Waals surface area contributed by atoms with Crippen molar-refractivity contribution in [3.63, 3.8) is 0 Å². The second kappa shape index (κ2) is 4.31. The fourth-order valence-electron chi connectivity index (χ4n) is 1.50. The van der Waals surface area contributed by atoms with Crippen molar-refractivity contribution in [1.29, 1.82) is 0 Å². The minimum atomic E-state index is -0.149. The Hall–Kier alpha value is -1.07. The van der Waals surface area contributed by atoms with E-state index in [1.54, 1.807) is 0 Å². The van der Waals surface area contributed by atoms with Gasteiger partial charge in [0.15, 0.2) is 0 Å². The van der Waals surface area contributed by atoms with E-state index in [2.05, 4.69) is 9.59 Å². The first-order valence-electron chi connectivity index (χ1n) is 5.33. The first-order chi connectivity index (χ1) is 7.89. The predicted molar refractivity (Wildman–Crippen MR) is 71.1 cm³/mol. The first-order valence-corrected chi connectivity index (χ1v) is 6.92. The molecule has 0 saturated carbocycles. The Labute approximate surface area is 109 Å². The van der Waals surface area contributed by atoms with Gasteiger partial charge in [0.05, 0.1) is 10.6 Å². The molecule has 0 N–H and O–H groups in total. The molecule has 0 radical (unpaired) electrons. The summed E-state index contributed by atoms with van der Waals surface area (Å²) < 4.78 is 3.92. The van der Waals surface area contributed by atoms with Gasteiger partial charge < -0.3 is 0 Å². The Morgan fingerprint density at radius 3 is 2.53 bits per heavy atom. The van der Waals surface area contributed by atoms with Crippen molar-refractivity contribution in [1.82, 2.24) is 9.59 Å². The number of ketones is 1. The maximum absolute atomic E-state index is 12.3. The van der Waals surface area contributed by atoms with Crippen molar-refractivity contribution in [2.24, 2.45) is 0 Å². The number of nitrogens with zero attached hydrogens (tertiary/aromatic N) is 2. The fraction of sp³-hybridized carbons (Fsp3) is 0.417. The van der Waals surface area contributed by atoms with Crippen LogP contribution in [-0.2, 0) is 5.41 Å². The molecule has 5 heteroatoms. The number of hydrogen-bond donors (Lipinski definition) is 0. The molecule has 2 aromatic rings. The largest absolute Gasteiger partial charge is 0.287 e. The van der Waals surface area contributed by atoms with Crippen molar-refractivity contribution in [2.75, 3.05) is 0 Å². The van der Waals surface area contributed by atoms with E-state index in [9.17, 15) is 4.79 Å². The molecule has 2 heterocycles. The molecule has 0 amide bonds. The summed E-state index contributed by atoms with van der Waals surface area (Å²) in [6, 6.07) is 3.83. The van der Waals surface area contributed by atoms with Crippen LogP contribution in [0.2, 0.25) is 0 Å². The second-order valence-electron chi connectivity index (χ2n) is 4.94. The molecule has 0 unspecified atom stereocenters. The van der Waals surface area contributed by atoms with Crippen molar-refractivity contribution >= 4 is 28.7 Å².